The summed E-state index contributed by atoms with van der Waals surface area (Å²) in [6, 6.07) is 0. The minimum Gasteiger partial charge on any atom is -0.256 e. The molecule has 4 N–H and O–H groups in total. The highest BCUT2D eigenvalue weighted by atomic mass is 15.8. The van der Waals surface area contributed by atoms with Gasteiger partial charge in [0.2, 0.25) is 0 Å². The van der Waals surface area contributed by atoms with Gasteiger partial charge in [0.1, 0.15) is 0 Å². The van der Waals surface area contributed by atoms with Crippen LogP contribution < -0.4 is 16.8 Å². The molecule has 0 amide bonds. The summed E-state index contributed by atoms with van der Waals surface area (Å²) in [6.45, 7) is 5.75. The summed E-state index contributed by atoms with van der Waals surface area (Å²) in [5, 5.41) is 1.71. The average molecular weight is 118 g/mol. The van der Waals surface area contributed by atoms with Crippen molar-refractivity contribution in [2.24, 2.45) is 5.84 Å². The van der Waals surface area contributed by atoms with Crippen LogP contribution in [0, 0.1) is 0 Å². The Hall–Kier alpha value is -0.160. The second-order valence-corrected chi connectivity index (χ2v) is 1.39. The highest BCUT2D eigenvalue weighted by molar-refractivity contribution is 4.32. The lowest BCUT2D eigenvalue weighted by Gasteiger charge is -2.17. The van der Waals surface area contributed by atoms with Crippen molar-refractivity contribution in [3.63, 3.8) is 0 Å². The van der Waals surface area contributed by atoms with E-state index in [4.69, 9.17) is 5.84 Å². The lowest BCUT2D eigenvalue weighted by molar-refractivity contribution is 0.126. The van der Waals surface area contributed by atoms with Crippen LogP contribution in [0.1, 0.15) is 13.8 Å². The summed E-state index contributed by atoms with van der Waals surface area (Å²) in [6.07, 6.45) is 0. The fraction of sp³-hybridized carbons (Fsp3) is 1.00. The quantitative estimate of drug-likeness (QED) is 0.334. The molecule has 0 aromatic heterocycles. The van der Waals surface area contributed by atoms with Gasteiger partial charge >= 0.3 is 0 Å². The number of nitrogens with zero attached hydrogens (tertiary/aromatic N) is 1. The molecular weight excluding hydrogens is 104 g/mol. The molecule has 0 saturated carbocycles. The van der Waals surface area contributed by atoms with Gasteiger partial charge in [0.15, 0.2) is 0 Å². The molecule has 4 heteroatoms. The molecule has 0 aromatic carbocycles. The first-order valence-electron chi connectivity index (χ1n) is 2.82. The normalized spacial score (nSPS) is 10.5. The largest absolute Gasteiger partial charge is 0.256 e. The van der Waals surface area contributed by atoms with Crippen LogP contribution in [0.2, 0.25) is 0 Å². The highest BCUT2D eigenvalue weighted by Gasteiger charge is 1.90. The summed E-state index contributed by atoms with van der Waals surface area (Å²) < 4.78 is 0. The van der Waals surface area contributed by atoms with Crippen LogP contribution >= 0.6 is 0 Å². The van der Waals surface area contributed by atoms with Gasteiger partial charge in [-0.05, 0) is 6.92 Å². The molecule has 0 atom stereocenters. The van der Waals surface area contributed by atoms with E-state index < -0.39 is 0 Å². The zero-order chi connectivity index (χ0) is 6.41. The van der Waals surface area contributed by atoms with E-state index in [2.05, 4.69) is 11.0 Å². The summed E-state index contributed by atoms with van der Waals surface area (Å²) >= 11 is 0. The van der Waals surface area contributed by atoms with Gasteiger partial charge in [0, 0.05) is 13.1 Å². The molecule has 0 bridgehead atoms. The smallest absolute Gasteiger partial charge is 0.0273 e. The predicted octanol–water partition coefficient (Wildman–Crippen LogP) is -0.789. The van der Waals surface area contributed by atoms with E-state index >= 15 is 0 Å². The van der Waals surface area contributed by atoms with Crippen molar-refractivity contribution >= 4 is 0 Å². The second-order valence-electron chi connectivity index (χ2n) is 1.39. The lowest BCUT2D eigenvalue weighted by Crippen LogP contribution is -2.51. The number of hydrogen-bond acceptors (Lipinski definition) is 4. The maximum Gasteiger partial charge on any atom is 0.0273 e. The number of hydrazine groups is 3. The van der Waals surface area contributed by atoms with E-state index in [1.807, 2.05) is 13.8 Å². The van der Waals surface area contributed by atoms with Crippen LogP contribution in [0.15, 0.2) is 0 Å². The van der Waals surface area contributed by atoms with Crippen molar-refractivity contribution in [1.29, 1.82) is 0 Å². The van der Waals surface area contributed by atoms with Gasteiger partial charge in [-0.25, -0.2) is 5.43 Å². The van der Waals surface area contributed by atoms with E-state index in [-0.39, 0.29) is 0 Å². The third kappa shape index (κ3) is 2.92. The fourth-order valence-electron chi connectivity index (χ4n) is 0.440. The van der Waals surface area contributed by atoms with Crippen LogP contribution in [0.4, 0.5) is 0 Å². The molecule has 0 heterocycles. The molecular formula is C4H14N4. The van der Waals surface area contributed by atoms with Gasteiger partial charge in [-0.2, -0.15) is 10.7 Å². The van der Waals surface area contributed by atoms with Gasteiger partial charge < -0.3 is 0 Å². The van der Waals surface area contributed by atoms with E-state index in [0.717, 1.165) is 13.1 Å². The maximum absolute atomic E-state index is 5.08. The van der Waals surface area contributed by atoms with Crippen molar-refractivity contribution in [3.8, 4) is 0 Å². The maximum atomic E-state index is 5.08. The third-order valence-electron chi connectivity index (χ3n) is 0.821. The van der Waals surface area contributed by atoms with E-state index in [0.29, 0.717) is 0 Å². The monoisotopic (exact) mass is 118 g/mol. The standard InChI is InChI=1S/C4H14N4/c1-3-6-8(4-2)7-5/h6-7H,3-5H2,1-2H3. The Bertz CT molecular complexity index is 43.3. The Morgan fingerprint density at radius 2 is 2.12 bits per heavy atom. The van der Waals surface area contributed by atoms with Crippen molar-refractivity contribution in [3.05, 3.63) is 0 Å². The average Bonchev–Trinajstić information content (AvgIpc) is 1.83. The number of nitrogens with one attached hydrogen (secondary N) is 2. The van der Waals surface area contributed by atoms with Crippen molar-refractivity contribution in [1.82, 2.24) is 16.1 Å². The molecule has 0 saturated heterocycles. The SMILES string of the molecule is CCNN(CC)NN. The number of hydrogen-bond donors (Lipinski definition) is 3. The Labute approximate surface area is 49.9 Å². The van der Waals surface area contributed by atoms with Crippen LogP contribution in [0.3, 0.4) is 0 Å². The lowest BCUT2D eigenvalue weighted by atomic mass is 10.7. The molecule has 0 aromatic rings. The Balaban J connectivity index is 3.07. The number of rotatable bonds is 4. The summed E-state index contributed by atoms with van der Waals surface area (Å²) in [7, 11) is 0. The van der Waals surface area contributed by atoms with E-state index in [9.17, 15) is 0 Å². The van der Waals surface area contributed by atoms with Crippen LogP contribution in [-0.4, -0.2) is 18.2 Å². The molecule has 0 unspecified atom stereocenters. The first kappa shape index (κ1) is 7.84. The molecule has 0 spiro atoms. The van der Waals surface area contributed by atoms with Crippen LogP contribution in [-0.2, 0) is 0 Å². The van der Waals surface area contributed by atoms with Crippen LogP contribution in [0.5, 0.6) is 0 Å². The molecule has 0 rings (SSSR count). The number of nitrogens with two attached hydrogens (primary N) is 1. The molecule has 50 valence electrons. The third-order valence-corrected chi connectivity index (χ3v) is 0.821. The van der Waals surface area contributed by atoms with E-state index in [1.165, 1.54) is 0 Å². The van der Waals surface area contributed by atoms with Crippen molar-refractivity contribution in [2.75, 3.05) is 13.1 Å². The molecule has 4 nitrogen and oxygen atoms in total. The first-order chi connectivity index (χ1) is 3.85. The summed E-state index contributed by atoms with van der Waals surface area (Å²) in [5.74, 6) is 5.08. The van der Waals surface area contributed by atoms with Crippen molar-refractivity contribution < 1.29 is 0 Å². The second kappa shape index (κ2) is 4.99. The van der Waals surface area contributed by atoms with Gasteiger partial charge in [-0.1, -0.05) is 6.92 Å². The zero-order valence-corrected chi connectivity index (χ0v) is 5.44. The van der Waals surface area contributed by atoms with Gasteiger partial charge in [-0.15, -0.1) is 0 Å². The Morgan fingerprint density at radius 1 is 1.50 bits per heavy atom. The Morgan fingerprint density at radius 3 is 2.25 bits per heavy atom. The van der Waals surface area contributed by atoms with Gasteiger partial charge in [-0.3, -0.25) is 5.84 Å². The highest BCUT2D eigenvalue weighted by Crippen LogP contribution is 1.66. The molecule has 0 aliphatic heterocycles. The summed E-state index contributed by atoms with van der Waals surface area (Å²) in [4.78, 5) is 0. The summed E-state index contributed by atoms with van der Waals surface area (Å²) in [5.41, 5.74) is 5.45. The van der Waals surface area contributed by atoms with Crippen LogP contribution in [0.25, 0.3) is 0 Å². The fourth-order valence-corrected chi connectivity index (χ4v) is 0.440. The Kier molecular flexibility index (Phi) is 4.89. The van der Waals surface area contributed by atoms with Gasteiger partial charge in [0.05, 0.1) is 0 Å². The first-order valence-corrected chi connectivity index (χ1v) is 2.82. The molecule has 0 fully saturated rings. The molecule has 8 heavy (non-hydrogen) atoms. The van der Waals surface area contributed by atoms with E-state index in [1.54, 1.807) is 5.12 Å². The minimum atomic E-state index is 0.852. The predicted molar refractivity (Wildman–Crippen MR) is 33.4 cm³/mol. The molecule has 0 aliphatic rings. The molecule has 0 aliphatic carbocycles. The van der Waals surface area contributed by atoms with Crippen molar-refractivity contribution in [2.45, 2.75) is 13.8 Å². The minimum absolute atomic E-state index is 0.852. The topological polar surface area (TPSA) is 53.3 Å². The molecule has 0 radical (unpaired) electrons. The zero-order valence-electron chi connectivity index (χ0n) is 5.44. The van der Waals surface area contributed by atoms with Gasteiger partial charge in [0.25, 0.3) is 0 Å².